The van der Waals surface area contributed by atoms with E-state index in [1.807, 2.05) is 18.2 Å². The second-order valence-electron chi connectivity index (χ2n) is 13.8. The number of hydrogen-bond donors (Lipinski definition) is 0. The van der Waals surface area contributed by atoms with E-state index in [0.717, 1.165) is 72.1 Å². The molecule has 0 spiro atoms. The number of nitrogens with zero attached hydrogens (tertiary/aromatic N) is 4. The Morgan fingerprint density at radius 1 is 0.321 bits per heavy atom. The zero-order valence-electron chi connectivity index (χ0n) is 28.2. The second kappa shape index (κ2) is 10.6. The molecule has 0 unspecified atom stereocenters. The summed E-state index contributed by atoms with van der Waals surface area (Å²) in [5.74, 6) is 1.29. The van der Waals surface area contributed by atoms with Gasteiger partial charge in [0.1, 0.15) is 11.2 Å². The fraction of sp³-hybridized carbons (Fsp3) is 0. The van der Waals surface area contributed by atoms with Crippen molar-refractivity contribution in [1.29, 1.82) is 0 Å². The smallest absolute Gasteiger partial charge is 0.168 e. The van der Waals surface area contributed by atoms with Crippen molar-refractivity contribution in [2.45, 2.75) is 0 Å². The number of aromatic nitrogens is 4. The lowest BCUT2D eigenvalue weighted by Crippen LogP contribution is -1.98. The first-order chi connectivity index (χ1) is 26.2. The van der Waals surface area contributed by atoms with Crippen LogP contribution in [0.15, 0.2) is 162 Å². The van der Waals surface area contributed by atoms with Gasteiger partial charge in [-0.2, -0.15) is 0 Å². The zero-order chi connectivity index (χ0) is 34.6. The minimum absolute atomic E-state index is 0.638. The average Bonchev–Trinajstić information content (AvgIpc) is 3.76. The molecular formula is C48H26N4O. The van der Waals surface area contributed by atoms with E-state index >= 15 is 0 Å². The molecule has 0 N–H and O–H groups in total. The third-order valence-electron chi connectivity index (χ3n) is 10.8. The van der Waals surface area contributed by atoms with Gasteiger partial charge in [0.25, 0.3) is 0 Å². The Hall–Kier alpha value is -7.24. The highest BCUT2D eigenvalue weighted by Crippen LogP contribution is 2.46. The van der Waals surface area contributed by atoms with Gasteiger partial charge in [-0.05, 0) is 67.7 Å². The topological polar surface area (TPSA) is 64.7 Å². The van der Waals surface area contributed by atoms with Gasteiger partial charge < -0.3 is 4.42 Å². The van der Waals surface area contributed by atoms with Crippen molar-refractivity contribution in [2.75, 3.05) is 0 Å². The van der Waals surface area contributed by atoms with E-state index in [1.54, 1.807) is 0 Å². The molecule has 12 rings (SSSR count). The third kappa shape index (κ3) is 4.13. The second-order valence-corrected chi connectivity index (χ2v) is 13.8. The number of fused-ring (bicyclic) bond motifs is 12. The van der Waals surface area contributed by atoms with Gasteiger partial charge in [-0.1, -0.05) is 133 Å². The highest BCUT2D eigenvalue weighted by Gasteiger charge is 2.28. The quantitative estimate of drug-likeness (QED) is 0.175. The lowest BCUT2D eigenvalue weighted by atomic mass is 9.93. The molecule has 0 saturated heterocycles. The van der Waals surface area contributed by atoms with Crippen LogP contribution in [0.2, 0.25) is 0 Å². The molecule has 1 aliphatic carbocycles. The monoisotopic (exact) mass is 674 g/mol. The fourth-order valence-corrected chi connectivity index (χ4v) is 8.34. The van der Waals surface area contributed by atoms with Crippen LogP contribution in [0.25, 0.3) is 122 Å². The molecule has 53 heavy (non-hydrogen) atoms. The summed E-state index contributed by atoms with van der Waals surface area (Å²) in [4.78, 5) is 20.7. The largest absolute Gasteiger partial charge is 0.456 e. The molecule has 0 aliphatic heterocycles. The Balaban J connectivity index is 1.01. The predicted octanol–water partition coefficient (Wildman–Crippen LogP) is 12.4. The molecule has 8 aromatic carbocycles. The zero-order valence-corrected chi connectivity index (χ0v) is 28.2. The van der Waals surface area contributed by atoms with Crippen molar-refractivity contribution in [1.82, 2.24) is 19.9 Å². The van der Waals surface area contributed by atoms with Gasteiger partial charge in [0, 0.05) is 33.0 Å². The molecule has 0 fully saturated rings. The van der Waals surface area contributed by atoms with Gasteiger partial charge in [-0.25, -0.2) is 19.9 Å². The summed E-state index contributed by atoms with van der Waals surface area (Å²) in [6, 6.07) is 55.3. The van der Waals surface area contributed by atoms with Gasteiger partial charge in [0.2, 0.25) is 0 Å². The van der Waals surface area contributed by atoms with E-state index in [4.69, 9.17) is 24.4 Å². The van der Waals surface area contributed by atoms with Crippen LogP contribution in [-0.2, 0) is 0 Å². The van der Waals surface area contributed by atoms with Crippen LogP contribution in [0.4, 0.5) is 0 Å². The van der Waals surface area contributed by atoms with Crippen molar-refractivity contribution >= 4 is 65.3 Å². The molecule has 11 aromatic rings. The highest BCUT2D eigenvalue weighted by atomic mass is 16.3. The van der Waals surface area contributed by atoms with Crippen LogP contribution >= 0.6 is 0 Å². The van der Waals surface area contributed by atoms with Crippen molar-refractivity contribution in [3.8, 4) is 56.4 Å². The summed E-state index contributed by atoms with van der Waals surface area (Å²) in [6.07, 6.45) is 0. The molecule has 0 saturated carbocycles. The molecule has 1 aliphatic rings. The number of para-hydroxylation sites is 1. The first-order valence-electron chi connectivity index (χ1n) is 17.8. The minimum Gasteiger partial charge on any atom is -0.456 e. The molecule has 3 heterocycles. The Kier molecular flexibility index (Phi) is 5.71. The molecule has 5 heteroatoms. The van der Waals surface area contributed by atoms with Crippen LogP contribution in [0.5, 0.6) is 0 Å². The maximum Gasteiger partial charge on any atom is 0.168 e. The predicted molar refractivity (Wildman–Crippen MR) is 216 cm³/mol. The SMILES string of the molecule is c1ccc2c(c1)-c1nc(-c3ccc(-c4ccc5oc6ccccc6c5c4)cc3)nc3nc(-c4ccc5c6ccccc6c6ccccc6c5c4)nc-2c13. The first kappa shape index (κ1) is 28.5. The van der Waals surface area contributed by atoms with Crippen LogP contribution in [-0.4, -0.2) is 19.9 Å². The number of furan rings is 1. The van der Waals surface area contributed by atoms with Crippen molar-refractivity contribution < 1.29 is 4.42 Å². The molecule has 244 valence electrons. The maximum atomic E-state index is 6.07. The van der Waals surface area contributed by atoms with Crippen molar-refractivity contribution in [3.05, 3.63) is 158 Å². The number of rotatable bonds is 3. The van der Waals surface area contributed by atoms with E-state index in [0.29, 0.717) is 17.3 Å². The summed E-state index contributed by atoms with van der Waals surface area (Å²) in [5.41, 5.74) is 10.4. The molecule has 0 amide bonds. The van der Waals surface area contributed by atoms with E-state index in [9.17, 15) is 0 Å². The van der Waals surface area contributed by atoms with Crippen molar-refractivity contribution in [2.24, 2.45) is 0 Å². The molecular weight excluding hydrogens is 649 g/mol. The van der Waals surface area contributed by atoms with E-state index < -0.39 is 0 Å². The van der Waals surface area contributed by atoms with E-state index in [-0.39, 0.29) is 0 Å². The van der Waals surface area contributed by atoms with E-state index in [2.05, 4.69) is 140 Å². The standard InChI is InChI=1S/C48H26N4O/c1-2-11-33-31(9-1)32-10-3-4-12-34(32)39-26-30(21-23-35(33)39)47-50-45-38-15-6-5-14-37(38)44-43(45)48(52-47)51-46(49-44)28-19-17-27(18-20-28)29-22-24-42-40(25-29)36-13-7-8-16-41(36)53-42/h1-26H. The van der Waals surface area contributed by atoms with Gasteiger partial charge in [-0.15, -0.1) is 0 Å². The molecule has 3 aromatic heterocycles. The van der Waals surface area contributed by atoms with Gasteiger partial charge in [-0.3, -0.25) is 0 Å². The summed E-state index contributed by atoms with van der Waals surface area (Å²) < 4.78 is 6.07. The Labute approximate surface area is 302 Å². The van der Waals surface area contributed by atoms with Gasteiger partial charge >= 0.3 is 0 Å². The number of hydrogen-bond acceptors (Lipinski definition) is 5. The van der Waals surface area contributed by atoms with Gasteiger partial charge in [0.05, 0.1) is 16.8 Å². The molecule has 5 nitrogen and oxygen atoms in total. The average molecular weight is 675 g/mol. The number of benzene rings is 8. The Morgan fingerprint density at radius 2 is 0.792 bits per heavy atom. The third-order valence-corrected chi connectivity index (χ3v) is 10.8. The van der Waals surface area contributed by atoms with Crippen molar-refractivity contribution in [3.63, 3.8) is 0 Å². The summed E-state index contributed by atoms with van der Waals surface area (Å²) in [5, 5.41) is 10.5. The normalized spacial score (nSPS) is 12.2. The van der Waals surface area contributed by atoms with Gasteiger partial charge in [0.15, 0.2) is 17.3 Å². The maximum absolute atomic E-state index is 6.07. The molecule has 0 atom stereocenters. The molecule has 0 bridgehead atoms. The minimum atomic E-state index is 0.638. The summed E-state index contributed by atoms with van der Waals surface area (Å²) >= 11 is 0. The lowest BCUT2D eigenvalue weighted by molar-refractivity contribution is 0.669. The fourth-order valence-electron chi connectivity index (χ4n) is 8.34. The van der Waals surface area contributed by atoms with Crippen LogP contribution < -0.4 is 0 Å². The van der Waals surface area contributed by atoms with Crippen LogP contribution in [0, 0.1) is 0 Å². The van der Waals surface area contributed by atoms with Crippen LogP contribution in [0.3, 0.4) is 0 Å². The summed E-state index contributed by atoms with van der Waals surface area (Å²) in [6.45, 7) is 0. The Bertz CT molecular complexity index is 3310. The van der Waals surface area contributed by atoms with E-state index in [1.165, 1.54) is 32.3 Å². The summed E-state index contributed by atoms with van der Waals surface area (Å²) in [7, 11) is 0. The highest BCUT2D eigenvalue weighted by molar-refractivity contribution is 6.25. The Morgan fingerprint density at radius 3 is 1.47 bits per heavy atom. The first-order valence-corrected chi connectivity index (χ1v) is 17.8. The van der Waals surface area contributed by atoms with Crippen LogP contribution in [0.1, 0.15) is 0 Å². The molecule has 0 radical (unpaired) electrons. The lowest BCUT2D eigenvalue weighted by Gasteiger charge is -2.12.